The molecule has 1 aliphatic heterocycles. The number of nitrogens with one attached hydrogen (secondary N) is 1. The van der Waals surface area contributed by atoms with Gasteiger partial charge >= 0.3 is 5.97 Å². The average Bonchev–Trinajstić information content (AvgIpc) is 3.11. The lowest BCUT2D eigenvalue weighted by molar-refractivity contribution is -0.139. The van der Waals surface area contributed by atoms with E-state index in [1.165, 1.54) is 12.1 Å². The lowest BCUT2D eigenvalue weighted by atomic mass is 9.80. The summed E-state index contributed by atoms with van der Waals surface area (Å²) in [5.41, 5.74) is 2.79. The predicted octanol–water partition coefficient (Wildman–Crippen LogP) is 2.76. The summed E-state index contributed by atoms with van der Waals surface area (Å²) in [6.07, 6.45) is 5.50. The molecular weight excluding hydrogens is 385 g/mol. The third-order valence-corrected chi connectivity index (χ3v) is 6.79. The van der Waals surface area contributed by atoms with E-state index in [2.05, 4.69) is 4.72 Å². The normalized spacial score (nSPS) is 24.0. The van der Waals surface area contributed by atoms with Gasteiger partial charge in [0.1, 0.15) is 11.6 Å². The van der Waals surface area contributed by atoms with Gasteiger partial charge in [-0.25, -0.2) is 17.5 Å². The highest BCUT2D eigenvalue weighted by Gasteiger charge is 2.38. The molecule has 28 heavy (non-hydrogen) atoms. The Labute approximate surface area is 162 Å². The highest BCUT2D eigenvalue weighted by Crippen LogP contribution is 2.46. The van der Waals surface area contributed by atoms with Crippen LogP contribution in [0, 0.1) is 17.7 Å². The van der Waals surface area contributed by atoms with Crippen molar-refractivity contribution in [3.05, 3.63) is 64.7 Å². The van der Waals surface area contributed by atoms with Crippen molar-refractivity contribution >= 4 is 16.0 Å². The van der Waals surface area contributed by atoms with Crippen LogP contribution in [0.25, 0.3) is 0 Å². The fourth-order valence-corrected chi connectivity index (χ4v) is 5.05. The molecule has 0 saturated heterocycles. The molecule has 1 aromatic carbocycles. The summed E-state index contributed by atoms with van der Waals surface area (Å²) in [6, 6.07) is 4.66. The first-order valence-electron chi connectivity index (χ1n) is 9.10. The zero-order chi connectivity index (χ0) is 19.9. The summed E-state index contributed by atoms with van der Waals surface area (Å²) in [5, 5.41) is 9.34. The van der Waals surface area contributed by atoms with Gasteiger partial charge in [-0.05, 0) is 53.8 Å². The van der Waals surface area contributed by atoms with Gasteiger partial charge in [0.15, 0.2) is 0 Å². The minimum atomic E-state index is -3.77. The summed E-state index contributed by atoms with van der Waals surface area (Å²) in [7, 11) is -3.77. The molecule has 0 saturated carbocycles. The Hall–Kier alpha value is -2.45. The molecule has 3 aliphatic rings. The number of aliphatic carboxylic acids is 1. The van der Waals surface area contributed by atoms with Gasteiger partial charge in [0.2, 0.25) is 10.0 Å². The Morgan fingerprint density at radius 2 is 2.00 bits per heavy atom. The lowest BCUT2D eigenvalue weighted by Crippen LogP contribution is -2.33. The van der Waals surface area contributed by atoms with Gasteiger partial charge in [-0.1, -0.05) is 12.2 Å². The Morgan fingerprint density at radius 1 is 1.25 bits per heavy atom. The fourth-order valence-electron chi connectivity index (χ4n) is 3.97. The van der Waals surface area contributed by atoms with Crippen LogP contribution in [0.5, 0.6) is 0 Å². The molecule has 148 valence electrons. The highest BCUT2D eigenvalue weighted by molar-refractivity contribution is 7.89. The molecule has 2 aliphatic carbocycles. The summed E-state index contributed by atoms with van der Waals surface area (Å²) in [6.45, 7) is 0.683. The Bertz CT molecular complexity index is 1010. The molecule has 1 heterocycles. The molecule has 0 amide bonds. The SMILES string of the molecule is O=C(O)C1C=C2CC(CNS(=O)(=O)c3ccc(F)cc3)C3=CCCOC3=C2C1. The summed E-state index contributed by atoms with van der Waals surface area (Å²) < 4.78 is 46.6. The van der Waals surface area contributed by atoms with Crippen LogP contribution in [0.1, 0.15) is 19.3 Å². The van der Waals surface area contributed by atoms with E-state index in [0.717, 1.165) is 35.3 Å². The monoisotopic (exact) mass is 405 g/mol. The zero-order valence-electron chi connectivity index (χ0n) is 15.0. The van der Waals surface area contributed by atoms with Crippen molar-refractivity contribution in [2.24, 2.45) is 11.8 Å². The largest absolute Gasteiger partial charge is 0.493 e. The maximum atomic E-state index is 13.1. The van der Waals surface area contributed by atoms with Gasteiger partial charge in [0.05, 0.1) is 17.4 Å². The number of allylic oxidation sites excluding steroid dienone is 3. The average molecular weight is 405 g/mol. The van der Waals surface area contributed by atoms with Crippen LogP contribution < -0.4 is 4.72 Å². The Morgan fingerprint density at radius 3 is 2.71 bits per heavy atom. The summed E-state index contributed by atoms with van der Waals surface area (Å²) in [5.74, 6) is -1.38. The standard InChI is InChI=1S/C20H20FNO5S/c21-15-3-5-16(6-4-15)28(25,26)22-11-14-9-12-8-13(20(23)24)10-18(12)19-17(14)2-1-7-27-19/h2-6,8,13-14,22H,1,7,9-11H2,(H,23,24). The van der Waals surface area contributed by atoms with Crippen molar-refractivity contribution in [3.63, 3.8) is 0 Å². The van der Waals surface area contributed by atoms with Gasteiger partial charge in [-0.15, -0.1) is 0 Å². The van der Waals surface area contributed by atoms with Crippen molar-refractivity contribution in [1.29, 1.82) is 0 Å². The molecule has 0 radical (unpaired) electrons. The van der Waals surface area contributed by atoms with E-state index in [1.54, 1.807) is 6.08 Å². The number of carbonyl (C=O) groups is 1. The number of hydrogen-bond donors (Lipinski definition) is 2. The zero-order valence-corrected chi connectivity index (χ0v) is 15.8. The van der Waals surface area contributed by atoms with Gasteiger partial charge in [0, 0.05) is 18.9 Å². The first-order valence-corrected chi connectivity index (χ1v) is 10.6. The van der Waals surface area contributed by atoms with Gasteiger partial charge in [0.25, 0.3) is 0 Å². The minimum Gasteiger partial charge on any atom is -0.493 e. The van der Waals surface area contributed by atoms with Gasteiger partial charge < -0.3 is 9.84 Å². The van der Waals surface area contributed by atoms with Crippen LogP contribution in [0.4, 0.5) is 4.39 Å². The van der Waals surface area contributed by atoms with E-state index in [9.17, 15) is 22.7 Å². The molecule has 0 spiro atoms. The van der Waals surface area contributed by atoms with Crippen molar-refractivity contribution in [2.75, 3.05) is 13.2 Å². The van der Waals surface area contributed by atoms with E-state index in [0.29, 0.717) is 25.2 Å². The molecule has 2 N–H and O–H groups in total. The second kappa shape index (κ2) is 7.18. The van der Waals surface area contributed by atoms with Crippen LogP contribution >= 0.6 is 0 Å². The Balaban J connectivity index is 1.57. The number of carboxylic acids is 1. The van der Waals surface area contributed by atoms with Crippen LogP contribution in [-0.4, -0.2) is 32.6 Å². The van der Waals surface area contributed by atoms with E-state index in [4.69, 9.17) is 4.74 Å². The quantitative estimate of drug-likeness (QED) is 0.786. The predicted molar refractivity (Wildman–Crippen MR) is 99.2 cm³/mol. The van der Waals surface area contributed by atoms with Crippen molar-refractivity contribution in [2.45, 2.75) is 24.2 Å². The number of rotatable bonds is 5. The Kier molecular flexibility index (Phi) is 4.84. The van der Waals surface area contributed by atoms with Gasteiger partial charge in [-0.2, -0.15) is 0 Å². The van der Waals surface area contributed by atoms with Crippen LogP contribution in [0.15, 0.2) is 63.8 Å². The van der Waals surface area contributed by atoms with E-state index in [-0.39, 0.29) is 17.4 Å². The number of sulfonamides is 1. The van der Waals surface area contributed by atoms with E-state index in [1.807, 2.05) is 6.08 Å². The topological polar surface area (TPSA) is 92.7 Å². The number of benzene rings is 1. The lowest BCUT2D eigenvalue weighted by Gasteiger charge is -2.33. The molecule has 6 nitrogen and oxygen atoms in total. The van der Waals surface area contributed by atoms with Crippen molar-refractivity contribution in [1.82, 2.24) is 4.72 Å². The van der Waals surface area contributed by atoms with Crippen molar-refractivity contribution < 1.29 is 27.4 Å². The molecule has 4 rings (SSSR count). The molecule has 0 bridgehead atoms. The highest BCUT2D eigenvalue weighted by atomic mass is 32.2. The first kappa shape index (κ1) is 18.9. The maximum absolute atomic E-state index is 13.1. The third kappa shape index (κ3) is 3.49. The van der Waals surface area contributed by atoms with Gasteiger partial charge in [-0.3, -0.25) is 4.79 Å². The first-order chi connectivity index (χ1) is 13.3. The third-order valence-electron chi connectivity index (χ3n) is 5.35. The number of ether oxygens (including phenoxy) is 1. The molecule has 0 fully saturated rings. The number of hydrogen-bond acceptors (Lipinski definition) is 4. The van der Waals surface area contributed by atoms with Crippen LogP contribution in [0.3, 0.4) is 0 Å². The minimum absolute atomic E-state index is 0.000982. The smallest absolute Gasteiger partial charge is 0.310 e. The number of halogens is 1. The number of carboxylic acid groups (broad SMARTS) is 1. The van der Waals surface area contributed by atoms with Crippen molar-refractivity contribution in [3.8, 4) is 0 Å². The molecule has 2 atom stereocenters. The maximum Gasteiger partial charge on any atom is 0.310 e. The second-order valence-electron chi connectivity index (χ2n) is 7.15. The van der Waals surface area contributed by atoms with E-state index < -0.39 is 27.7 Å². The molecule has 8 heteroatoms. The number of fused-ring (bicyclic) bond motifs is 2. The second-order valence-corrected chi connectivity index (χ2v) is 8.92. The fraction of sp³-hybridized carbons (Fsp3) is 0.350. The molecule has 1 aromatic rings. The summed E-state index contributed by atoms with van der Waals surface area (Å²) in [4.78, 5) is 11.4. The van der Waals surface area contributed by atoms with Crippen LogP contribution in [0.2, 0.25) is 0 Å². The summed E-state index contributed by atoms with van der Waals surface area (Å²) >= 11 is 0. The van der Waals surface area contributed by atoms with Crippen LogP contribution in [-0.2, 0) is 19.6 Å². The van der Waals surface area contributed by atoms with E-state index >= 15 is 0 Å². The molecule has 2 unspecified atom stereocenters. The molecular formula is C20H20FNO5S. The molecule has 0 aromatic heterocycles.